The van der Waals surface area contributed by atoms with Gasteiger partial charge in [0, 0.05) is 0 Å². The van der Waals surface area contributed by atoms with Crippen LogP contribution >= 0.6 is 0 Å². The number of hydrogen-bond donors (Lipinski definition) is 0. The van der Waals surface area contributed by atoms with Crippen molar-refractivity contribution in [3.63, 3.8) is 0 Å². The van der Waals surface area contributed by atoms with E-state index in [4.69, 9.17) is 0 Å². The Bertz CT molecular complexity index is 520. The van der Waals surface area contributed by atoms with E-state index in [9.17, 15) is 0 Å². The van der Waals surface area contributed by atoms with Crippen molar-refractivity contribution in [2.24, 2.45) is 0 Å². The molecule has 196 valence electrons. The Kier molecular flexibility index (Phi) is 21.7. The number of hydrogen-bond acceptors (Lipinski definition) is 0. The molecule has 0 N–H and O–H groups in total. The van der Waals surface area contributed by atoms with Crippen molar-refractivity contribution in [2.75, 3.05) is 0 Å². The van der Waals surface area contributed by atoms with E-state index in [0.29, 0.717) is 0 Å². The van der Waals surface area contributed by atoms with Gasteiger partial charge < -0.3 is 0 Å². The van der Waals surface area contributed by atoms with Gasteiger partial charge in [-0.25, -0.2) is 0 Å². The van der Waals surface area contributed by atoms with Crippen LogP contribution in [0.1, 0.15) is 142 Å². The van der Waals surface area contributed by atoms with Gasteiger partial charge in [-0.05, 0) is 0 Å². The Morgan fingerprint density at radius 1 is 0.500 bits per heavy atom. The Labute approximate surface area is 219 Å². The van der Waals surface area contributed by atoms with E-state index in [0.717, 1.165) is 0 Å². The molecule has 0 amide bonds. The average molecular weight is 576 g/mol. The van der Waals surface area contributed by atoms with Crippen LogP contribution in [0.3, 0.4) is 0 Å². The Morgan fingerprint density at radius 2 is 0.882 bits per heavy atom. The summed E-state index contributed by atoms with van der Waals surface area (Å²) in [5.41, 5.74) is 1.39. The van der Waals surface area contributed by atoms with E-state index < -0.39 is 18.4 Å². The molecule has 0 atom stereocenters. The Balaban J connectivity index is 2.73. The quantitative estimate of drug-likeness (QED) is 0.0850. The standard InChI is InChI=1S/C9H9.3C8H17.Sn/c1-2-6-9-7-4-3-5-8-9;3*1-3-5-7-8-6-4-2;/h2-8H,1H2;3*1,3-8H2,2H3;/b6-2+;;;;. The zero-order valence-electron chi connectivity index (χ0n) is 23.6. The third-order valence-electron chi connectivity index (χ3n) is 7.84. The van der Waals surface area contributed by atoms with E-state index >= 15 is 0 Å². The zero-order chi connectivity index (χ0) is 24.6. The zero-order valence-corrected chi connectivity index (χ0v) is 26.5. The van der Waals surface area contributed by atoms with Crippen LogP contribution in [0.15, 0.2) is 36.4 Å². The van der Waals surface area contributed by atoms with E-state index in [1.807, 2.05) is 0 Å². The van der Waals surface area contributed by atoms with Crippen molar-refractivity contribution in [3.8, 4) is 0 Å². The van der Waals surface area contributed by atoms with E-state index in [2.05, 4.69) is 63.3 Å². The van der Waals surface area contributed by atoms with Crippen LogP contribution in [-0.2, 0) is 0 Å². The molecule has 0 nitrogen and oxygen atoms in total. The molecule has 0 radical (unpaired) electrons. The molecule has 34 heavy (non-hydrogen) atoms. The molecular weight excluding hydrogens is 515 g/mol. The maximum atomic E-state index is 2.62. The van der Waals surface area contributed by atoms with Crippen LogP contribution in [0.2, 0.25) is 17.7 Å². The summed E-state index contributed by atoms with van der Waals surface area (Å²) in [4.78, 5) is 0. The molecule has 0 aliphatic heterocycles. The fourth-order valence-electron chi connectivity index (χ4n) is 5.53. The molecule has 1 aromatic rings. The third kappa shape index (κ3) is 17.2. The summed E-state index contributed by atoms with van der Waals surface area (Å²) >= 11 is -2.15. The van der Waals surface area contributed by atoms with Gasteiger partial charge in [-0.2, -0.15) is 0 Å². The van der Waals surface area contributed by atoms with Crippen LogP contribution in [0, 0.1) is 0 Å². The van der Waals surface area contributed by atoms with Crippen LogP contribution in [0.25, 0.3) is 6.08 Å². The van der Waals surface area contributed by atoms with Crippen molar-refractivity contribution < 1.29 is 0 Å². The predicted octanol–water partition coefficient (Wildman–Crippen LogP) is 12.2. The number of allylic oxidation sites excluding steroid dienone is 1. The van der Waals surface area contributed by atoms with Gasteiger partial charge in [-0.3, -0.25) is 0 Å². The minimum absolute atomic E-state index is 1.36. The fourth-order valence-corrected chi connectivity index (χ4v) is 19.7. The molecule has 0 heterocycles. The second-order valence-electron chi connectivity index (χ2n) is 11.1. The maximum absolute atomic E-state index is 2.62. The van der Waals surface area contributed by atoms with E-state index in [1.165, 1.54) is 126 Å². The number of rotatable bonds is 24. The monoisotopic (exact) mass is 576 g/mol. The normalized spacial score (nSPS) is 12.1. The van der Waals surface area contributed by atoms with Gasteiger partial charge >= 0.3 is 221 Å². The summed E-state index contributed by atoms with van der Waals surface area (Å²) in [5.74, 6) is 0. The molecule has 0 aliphatic rings. The van der Waals surface area contributed by atoms with Crippen LogP contribution < -0.4 is 0 Å². The molecular formula is C33H60Sn. The van der Waals surface area contributed by atoms with Gasteiger partial charge in [0.2, 0.25) is 0 Å². The molecule has 0 unspecified atom stereocenters. The Morgan fingerprint density at radius 3 is 1.29 bits per heavy atom. The van der Waals surface area contributed by atoms with Crippen molar-refractivity contribution >= 4 is 24.5 Å². The van der Waals surface area contributed by atoms with Gasteiger partial charge in [0.15, 0.2) is 0 Å². The van der Waals surface area contributed by atoms with Gasteiger partial charge in [-0.15, -0.1) is 0 Å². The van der Waals surface area contributed by atoms with Crippen molar-refractivity contribution in [3.05, 3.63) is 42.0 Å². The topological polar surface area (TPSA) is 0 Å². The fraction of sp³-hybridized carbons (Fsp3) is 0.758. The molecule has 0 bridgehead atoms. The van der Waals surface area contributed by atoms with Crippen molar-refractivity contribution in [1.29, 1.82) is 0 Å². The van der Waals surface area contributed by atoms with Crippen LogP contribution in [0.5, 0.6) is 0 Å². The summed E-state index contributed by atoms with van der Waals surface area (Å²) in [5, 5.41) is 0. The second-order valence-corrected chi connectivity index (χ2v) is 25.1. The van der Waals surface area contributed by atoms with E-state index in [-0.39, 0.29) is 0 Å². The van der Waals surface area contributed by atoms with Gasteiger partial charge in [-0.1, -0.05) is 0 Å². The molecule has 1 rings (SSSR count). The number of benzene rings is 1. The molecule has 1 aromatic carbocycles. The molecule has 0 saturated heterocycles. The summed E-state index contributed by atoms with van der Waals surface area (Å²) in [6.45, 7) is 7.00. The first-order valence-corrected chi connectivity index (χ1v) is 23.5. The average Bonchev–Trinajstić information content (AvgIpc) is 2.86. The van der Waals surface area contributed by atoms with Crippen molar-refractivity contribution in [1.82, 2.24) is 0 Å². The molecule has 0 fully saturated rings. The van der Waals surface area contributed by atoms with Crippen LogP contribution in [0.4, 0.5) is 0 Å². The predicted molar refractivity (Wildman–Crippen MR) is 161 cm³/mol. The first kappa shape index (κ1) is 31.8. The molecule has 1 heteroatoms. The Hall–Kier alpha value is -0.241. The first-order chi connectivity index (χ1) is 16.8. The molecule has 0 aliphatic carbocycles. The SMILES string of the molecule is CCCCCCC[CH2][Sn]([CH2]/C=C/c1ccccc1)([CH2]CCCCCCC)[CH2]CCCCCCC. The van der Waals surface area contributed by atoms with Gasteiger partial charge in [0.1, 0.15) is 0 Å². The van der Waals surface area contributed by atoms with Gasteiger partial charge in [0.25, 0.3) is 0 Å². The first-order valence-electron chi connectivity index (χ1n) is 15.5. The third-order valence-corrected chi connectivity index (χ3v) is 23.1. The van der Waals surface area contributed by atoms with Crippen molar-refractivity contribution in [2.45, 2.75) is 154 Å². The molecule has 0 spiro atoms. The molecule has 0 aromatic heterocycles. The summed E-state index contributed by atoms with van der Waals surface area (Å²) < 4.78 is 6.46. The second kappa shape index (κ2) is 23.2. The number of unbranched alkanes of at least 4 members (excludes halogenated alkanes) is 15. The minimum atomic E-state index is -2.15. The van der Waals surface area contributed by atoms with E-state index in [1.54, 1.807) is 13.3 Å². The van der Waals surface area contributed by atoms with Crippen LogP contribution in [-0.4, -0.2) is 18.4 Å². The summed E-state index contributed by atoms with van der Waals surface area (Å²) in [7, 11) is 0. The summed E-state index contributed by atoms with van der Waals surface area (Å²) in [6.07, 6.45) is 31.3. The molecule has 0 saturated carbocycles. The van der Waals surface area contributed by atoms with Gasteiger partial charge in [0.05, 0.1) is 0 Å². The summed E-state index contributed by atoms with van der Waals surface area (Å²) in [6, 6.07) is 11.0.